The van der Waals surface area contributed by atoms with Crippen LogP contribution in [-0.2, 0) is 19.1 Å². The molecule has 2 unspecified atom stereocenters. The van der Waals surface area contributed by atoms with Crippen LogP contribution in [0.2, 0.25) is 0 Å². The number of aliphatic hydroxyl groups excluding tert-OH is 2. The molecule has 0 spiro atoms. The van der Waals surface area contributed by atoms with Gasteiger partial charge in [-0.2, -0.15) is 0 Å². The van der Waals surface area contributed by atoms with Crippen molar-refractivity contribution in [3.8, 4) is 22.6 Å². The summed E-state index contributed by atoms with van der Waals surface area (Å²) < 4.78 is 22.1. The number of benzene rings is 4. The summed E-state index contributed by atoms with van der Waals surface area (Å²) in [5.74, 6) is -0.308. The minimum absolute atomic E-state index is 0.135. The second-order valence-corrected chi connectivity index (χ2v) is 8.92. The largest absolute Gasteiger partial charge is 0.490 e. The zero-order valence-electron chi connectivity index (χ0n) is 21.8. The lowest BCUT2D eigenvalue weighted by atomic mass is 9.92. The van der Waals surface area contributed by atoms with Crippen molar-refractivity contribution in [1.82, 2.24) is 0 Å². The fourth-order valence-electron chi connectivity index (χ4n) is 4.20. The molecule has 0 bridgehead atoms. The van der Waals surface area contributed by atoms with Crippen LogP contribution in [-0.4, -0.2) is 60.8 Å². The minimum Gasteiger partial charge on any atom is -0.490 e. The van der Waals surface area contributed by atoms with Gasteiger partial charge in [0.05, 0.1) is 0 Å². The quantitative estimate of drug-likeness (QED) is 0.186. The van der Waals surface area contributed by atoms with Crippen LogP contribution >= 0.6 is 0 Å². The third-order valence-electron chi connectivity index (χ3n) is 6.06. The summed E-state index contributed by atoms with van der Waals surface area (Å²) in [7, 11) is 0. The molecule has 0 aromatic heterocycles. The van der Waals surface area contributed by atoms with E-state index in [0.29, 0.717) is 11.5 Å². The Kier molecular flexibility index (Phi) is 9.51. The van der Waals surface area contributed by atoms with Crippen LogP contribution in [0.15, 0.2) is 98.1 Å². The van der Waals surface area contributed by atoms with Crippen molar-refractivity contribution in [1.29, 1.82) is 0 Å². The first kappa shape index (κ1) is 28.4. The van der Waals surface area contributed by atoms with Gasteiger partial charge in [-0.3, -0.25) is 0 Å². The summed E-state index contributed by atoms with van der Waals surface area (Å²) >= 11 is 0. The summed E-state index contributed by atoms with van der Waals surface area (Å²) in [4.78, 5) is 22.8. The van der Waals surface area contributed by atoms with Gasteiger partial charge < -0.3 is 29.2 Å². The molecule has 0 aliphatic rings. The molecule has 4 rings (SSSR count). The lowest BCUT2D eigenvalue weighted by Crippen LogP contribution is -2.25. The standard InChI is InChI=1S/C32H30O8/c1-3-29(35)39-19-23(33)17-37-27-15-13-21-9-5-7-11-25(21)31(27)32-26-12-8-6-10-22(26)14-16-28(32)38-18-24(34)20-40-30(36)4-2/h3-16,23-24,33-34H,1-2,17-20H2. The second kappa shape index (κ2) is 13.4. The molecule has 0 radical (unpaired) electrons. The number of hydrogen-bond donors (Lipinski definition) is 2. The van der Waals surface area contributed by atoms with E-state index in [1.165, 1.54) is 0 Å². The molecule has 4 aromatic rings. The van der Waals surface area contributed by atoms with Crippen LogP contribution in [0.25, 0.3) is 32.7 Å². The van der Waals surface area contributed by atoms with Crippen molar-refractivity contribution in [2.75, 3.05) is 26.4 Å². The number of esters is 2. The van der Waals surface area contributed by atoms with E-state index < -0.39 is 24.1 Å². The predicted octanol–water partition coefficient (Wildman–Crippen LogP) is 4.60. The Morgan fingerprint density at radius 2 is 1.02 bits per heavy atom. The first-order valence-electron chi connectivity index (χ1n) is 12.6. The lowest BCUT2D eigenvalue weighted by Gasteiger charge is -2.21. The number of hydrogen-bond acceptors (Lipinski definition) is 8. The van der Waals surface area contributed by atoms with Crippen molar-refractivity contribution in [3.05, 3.63) is 98.1 Å². The van der Waals surface area contributed by atoms with Crippen LogP contribution in [0.3, 0.4) is 0 Å². The second-order valence-electron chi connectivity index (χ2n) is 8.92. The number of carbonyl (C=O) groups excluding carboxylic acids is 2. The van der Waals surface area contributed by atoms with Gasteiger partial charge in [0.25, 0.3) is 0 Å². The third-order valence-corrected chi connectivity index (χ3v) is 6.06. The molecule has 0 saturated heterocycles. The van der Waals surface area contributed by atoms with E-state index in [2.05, 4.69) is 13.2 Å². The molecular weight excluding hydrogens is 512 g/mol. The molecule has 8 nitrogen and oxygen atoms in total. The Hall–Kier alpha value is -4.66. The van der Waals surface area contributed by atoms with Gasteiger partial charge in [-0.05, 0) is 33.7 Å². The van der Waals surface area contributed by atoms with Crippen molar-refractivity contribution >= 4 is 33.5 Å². The van der Waals surface area contributed by atoms with Crippen LogP contribution < -0.4 is 9.47 Å². The highest BCUT2D eigenvalue weighted by atomic mass is 16.6. The summed E-state index contributed by atoms with van der Waals surface area (Å²) in [6.07, 6.45) is -0.0886. The lowest BCUT2D eigenvalue weighted by molar-refractivity contribution is -0.142. The molecule has 0 saturated carbocycles. The van der Waals surface area contributed by atoms with Gasteiger partial charge in [-0.1, -0.05) is 73.8 Å². The van der Waals surface area contributed by atoms with Crippen LogP contribution in [0.4, 0.5) is 0 Å². The van der Waals surface area contributed by atoms with Crippen LogP contribution in [0.1, 0.15) is 0 Å². The third kappa shape index (κ3) is 6.85. The Labute approximate surface area is 231 Å². The number of ether oxygens (including phenoxy) is 4. The zero-order chi connectivity index (χ0) is 28.5. The first-order chi connectivity index (χ1) is 19.4. The molecule has 2 N–H and O–H groups in total. The maximum atomic E-state index is 11.4. The van der Waals surface area contributed by atoms with E-state index in [0.717, 1.165) is 44.8 Å². The van der Waals surface area contributed by atoms with Gasteiger partial charge in [0.15, 0.2) is 0 Å². The molecule has 206 valence electrons. The average Bonchev–Trinajstić information content (AvgIpc) is 2.99. The zero-order valence-corrected chi connectivity index (χ0v) is 21.8. The van der Waals surface area contributed by atoms with Crippen molar-refractivity contribution in [3.63, 3.8) is 0 Å². The monoisotopic (exact) mass is 542 g/mol. The molecule has 0 aliphatic carbocycles. The van der Waals surface area contributed by atoms with Crippen LogP contribution in [0, 0.1) is 0 Å². The Bertz CT molecular complexity index is 1410. The average molecular weight is 543 g/mol. The highest BCUT2D eigenvalue weighted by molar-refractivity contribution is 6.09. The van der Waals surface area contributed by atoms with E-state index in [-0.39, 0.29) is 26.4 Å². The Morgan fingerprint density at radius 3 is 1.43 bits per heavy atom. The molecule has 0 heterocycles. The van der Waals surface area contributed by atoms with E-state index >= 15 is 0 Å². The SMILES string of the molecule is C=CC(=O)OCC(O)COc1ccc2ccccc2c1-c1c(OCC(O)COC(=O)C=C)ccc2ccccc12. The molecule has 0 fully saturated rings. The molecule has 8 heteroatoms. The minimum atomic E-state index is -1.07. The molecule has 0 amide bonds. The van der Waals surface area contributed by atoms with E-state index in [9.17, 15) is 19.8 Å². The normalized spacial score (nSPS) is 12.3. The van der Waals surface area contributed by atoms with Crippen molar-refractivity contribution < 1.29 is 38.7 Å². The number of fused-ring (bicyclic) bond motifs is 2. The van der Waals surface area contributed by atoms with E-state index in [1.54, 1.807) is 0 Å². The Morgan fingerprint density at radius 1 is 0.625 bits per heavy atom. The Balaban J connectivity index is 1.74. The van der Waals surface area contributed by atoms with Crippen molar-refractivity contribution in [2.45, 2.75) is 12.2 Å². The number of rotatable bonds is 13. The summed E-state index contributed by atoms with van der Waals surface area (Å²) in [5.41, 5.74) is 1.46. The van der Waals surface area contributed by atoms with E-state index in [1.807, 2.05) is 72.8 Å². The van der Waals surface area contributed by atoms with Gasteiger partial charge in [0, 0.05) is 23.3 Å². The summed E-state index contributed by atoms with van der Waals surface area (Å²) in [5, 5.41) is 24.4. The predicted molar refractivity (Wildman–Crippen MR) is 152 cm³/mol. The van der Waals surface area contributed by atoms with E-state index in [4.69, 9.17) is 18.9 Å². The maximum absolute atomic E-state index is 11.4. The molecular formula is C32H30O8. The van der Waals surface area contributed by atoms with Gasteiger partial charge in [0.1, 0.15) is 50.1 Å². The summed E-state index contributed by atoms with van der Waals surface area (Å²) in [6, 6.07) is 23.1. The smallest absolute Gasteiger partial charge is 0.330 e. The van der Waals surface area contributed by atoms with Gasteiger partial charge in [-0.15, -0.1) is 0 Å². The fraction of sp³-hybridized carbons (Fsp3) is 0.188. The van der Waals surface area contributed by atoms with Crippen molar-refractivity contribution in [2.24, 2.45) is 0 Å². The molecule has 0 aliphatic heterocycles. The maximum Gasteiger partial charge on any atom is 0.330 e. The highest BCUT2D eigenvalue weighted by Crippen LogP contribution is 2.45. The van der Waals surface area contributed by atoms with Crippen LogP contribution in [0.5, 0.6) is 11.5 Å². The molecule has 40 heavy (non-hydrogen) atoms. The highest BCUT2D eigenvalue weighted by Gasteiger charge is 2.21. The van der Waals surface area contributed by atoms with Gasteiger partial charge >= 0.3 is 11.9 Å². The first-order valence-corrected chi connectivity index (χ1v) is 12.6. The fourth-order valence-corrected chi connectivity index (χ4v) is 4.20. The van der Waals surface area contributed by atoms with Gasteiger partial charge in [-0.25, -0.2) is 9.59 Å². The molecule has 2 atom stereocenters. The molecule has 4 aromatic carbocycles. The summed E-state index contributed by atoms with van der Waals surface area (Å²) in [6.45, 7) is 5.93. The number of carbonyl (C=O) groups is 2. The number of aliphatic hydroxyl groups is 2. The topological polar surface area (TPSA) is 112 Å². The van der Waals surface area contributed by atoms with Gasteiger partial charge in [0.2, 0.25) is 0 Å².